The van der Waals surface area contributed by atoms with E-state index in [-0.39, 0.29) is 18.3 Å². The van der Waals surface area contributed by atoms with Gasteiger partial charge in [0.15, 0.2) is 11.4 Å². The monoisotopic (exact) mass is 550 g/mol. The number of nitrogens with two attached hydrogens (primary N) is 1. The molecule has 7 nitrogen and oxygen atoms in total. The maximum Gasteiger partial charge on any atom is 0.416 e. The van der Waals surface area contributed by atoms with Gasteiger partial charge in [-0.25, -0.2) is 19.0 Å². The van der Waals surface area contributed by atoms with Crippen molar-refractivity contribution in [3.63, 3.8) is 0 Å². The largest absolute Gasteiger partial charge is 0.416 e. The van der Waals surface area contributed by atoms with Crippen molar-refractivity contribution in [3.8, 4) is 11.8 Å². The number of ketones is 1. The summed E-state index contributed by atoms with van der Waals surface area (Å²) in [6.07, 6.45) is -1.76. The van der Waals surface area contributed by atoms with Crippen LogP contribution in [-0.4, -0.2) is 50.6 Å². The highest BCUT2D eigenvalue weighted by atomic mass is 19.4. The number of nitrogen functional groups attached to an aromatic ring is 1. The Kier molecular flexibility index (Phi) is 7.29. The predicted octanol–water partition coefficient (Wildman–Crippen LogP) is 4.97. The Morgan fingerprint density at radius 2 is 1.85 bits per heavy atom. The molecule has 1 fully saturated rings. The fourth-order valence-electron chi connectivity index (χ4n) is 4.81. The molecule has 2 aromatic carbocycles. The molecule has 1 aliphatic heterocycles. The van der Waals surface area contributed by atoms with Gasteiger partial charge in [-0.05, 0) is 81.2 Å². The van der Waals surface area contributed by atoms with Crippen LogP contribution >= 0.6 is 0 Å². The number of anilines is 1. The van der Waals surface area contributed by atoms with Crippen LogP contribution in [0.25, 0.3) is 11.0 Å². The quantitative estimate of drug-likeness (QED) is 0.219. The Morgan fingerprint density at radius 1 is 1.10 bits per heavy atom. The van der Waals surface area contributed by atoms with Crippen molar-refractivity contribution >= 4 is 22.6 Å². The summed E-state index contributed by atoms with van der Waals surface area (Å²) in [5.41, 5.74) is 7.44. The molecule has 1 aliphatic rings. The maximum absolute atomic E-state index is 14.2. The van der Waals surface area contributed by atoms with Crippen LogP contribution in [0.5, 0.6) is 0 Å². The Hall–Kier alpha value is -4.30. The van der Waals surface area contributed by atoms with Crippen molar-refractivity contribution in [1.29, 1.82) is 0 Å². The zero-order valence-electron chi connectivity index (χ0n) is 21.9. The third-order valence-electron chi connectivity index (χ3n) is 7.13. The van der Waals surface area contributed by atoms with Crippen LogP contribution < -0.4 is 5.73 Å². The molecule has 3 heterocycles. The summed E-state index contributed by atoms with van der Waals surface area (Å²) in [5, 5.41) is 5.31. The minimum absolute atomic E-state index is 0.149. The average Bonchev–Trinajstić information content (AvgIpc) is 3.29. The lowest BCUT2D eigenvalue weighted by atomic mass is 9.97. The number of likely N-dealkylation sites (tertiary alicyclic amines) is 1. The number of piperidine rings is 1. The fraction of sp³-hybridized carbons (Fsp3) is 0.310. The first-order valence-electron chi connectivity index (χ1n) is 12.7. The van der Waals surface area contributed by atoms with Crippen LogP contribution in [0.1, 0.15) is 57.2 Å². The van der Waals surface area contributed by atoms with E-state index in [1.807, 2.05) is 11.6 Å². The molecule has 0 bridgehead atoms. The predicted molar refractivity (Wildman–Crippen MR) is 142 cm³/mol. The molecule has 0 aliphatic carbocycles. The molecular formula is C29H26F4N6O. The van der Waals surface area contributed by atoms with E-state index >= 15 is 0 Å². The molecule has 206 valence electrons. The van der Waals surface area contributed by atoms with E-state index in [1.165, 1.54) is 6.33 Å². The Bertz CT molecular complexity index is 1660. The number of aromatic nitrogens is 4. The number of alkyl halides is 3. The van der Waals surface area contributed by atoms with Crippen molar-refractivity contribution < 1.29 is 22.4 Å². The van der Waals surface area contributed by atoms with Gasteiger partial charge >= 0.3 is 6.18 Å². The van der Waals surface area contributed by atoms with Crippen LogP contribution in [0.3, 0.4) is 0 Å². The molecule has 4 aromatic rings. The highest BCUT2D eigenvalue weighted by molar-refractivity contribution is 5.98. The number of halogens is 4. The summed E-state index contributed by atoms with van der Waals surface area (Å²) in [6.45, 7) is 3.71. The number of rotatable bonds is 4. The van der Waals surface area contributed by atoms with E-state index < -0.39 is 28.9 Å². The highest BCUT2D eigenvalue weighted by Gasteiger charge is 2.32. The molecule has 40 heavy (non-hydrogen) atoms. The lowest BCUT2D eigenvalue weighted by molar-refractivity contribution is -0.137. The van der Waals surface area contributed by atoms with E-state index in [9.17, 15) is 22.4 Å². The fourth-order valence-corrected chi connectivity index (χ4v) is 4.81. The van der Waals surface area contributed by atoms with Crippen molar-refractivity contribution in [2.45, 2.75) is 38.4 Å². The van der Waals surface area contributed by atoms with E-state index in [0.717, 1.165) is 31.5 Å². The number of Topliss-reactive ketones (excluding diaryl/α,β-unsaturated/α-hetero) is 1. The van der Waals surface area contributed by atoms with Gasteiger partial charge in [0.1, 0.15) is 23.7 Å². The van der Waals surface area contributed by atoms with Crippen molar-refractivity contribution in [2.75, 3.05) is 25.9 Å². The average molecular weight is 551 g/mol. The summed E-state index contributed by atoms with van der Waals surface area (Å²) in [5.74, 6) is 4.67. The highest BCUT2D eigenvalue weighted by Crippen LogP contribution is 2.31. The van der Waals surface area contributed by atoms with Gasteiger partial charge in [0, 0.05) is 12.0 Å². The topological polar surface area (TPSA) is 89.9 Å². The molecule has 5 rings (SSSR count). The molecule has 2 aromatic heterocycles. The molecule has 2 N–H and O–H groups in total. The lowest BCUT2D eigenvalue weighted by Gasteiger charge is -2.29. The normalized spacial score (nSPS) is 14.8. The van der Waals surface area contributed by atoms with E-state index in [1.54, 1.807) is 18.2 Å². The summed E-state index contributed by atoms with van der Waals surface area (Å²) >= 11 is 0. The molecule has 0 amide bonds. The summed E-state index contributed by atoms with van der Waals surface area (Å²) in [7, 11) is 2.08. The summed E-state index contributed by atoms with van der Waals surface area (Å²) < 4.78 is 55.4. The first-order chi connectivity index (χ1) is 19.0. The second-order valence-corrected chi connectivity index (χ2v) is 9.98. The molecule has 11 heteroatoms. The zero-order valence-corrected chi connectivity index (χ0v) is 21.9. The summed E-state index contributed by atoms with van der Waals surface area (Å²) in [4.78, 5) is 23.6. The third kappa shape index (κ3) is 5.53. The van der Waals surface area contributed by atoms with Crippen LogP contribution in [0, 0.1) is 24.6 Å². The smallest absolute Gasteiger partial charge is 0.383 e. The van der Waals surface area contributed by atoms with Crippen LogP contribution in [-0.2, 0) is 12.6 Å². The van der Waals surface area contributed by atoms with Crippen molar-refractivity contribution in [2.24, 2.45) is 0 Å². The van der Waals surface area contributed by atoms with Gasteiger partial charge in [0.05, 0.1) is 22.6 Å². The Labute approximate surface area is 228 Å². The number of aryl methyl sites for hydroxylation is 1. The van der Waals surface area contributed by atoms with Gasteiger partial charge in [0.25, 0.3) is 0 Å². The molecule has 0 radical (unpaired) electrons. The number of hydrogen-bond donors (Lipinski definition) is 1. The van der Waals surface area contributed by atoms with Crippen LogP contribution in [0.4, 0.5) is 23.4 Å². The van der Waals surface area contributed by atoms with Crippen LogP contribution in [0.2, 0.25) is 0 Å². The van der Waals surface area contributed by atoms with Gasteiger partial charge in [0.2, 0.25) is 0 Å². The molecule has 0 saturated carbocycles. The number of nitrogens with zero attached hydrogens (tertiary/aromatic N) is 5. The van der Waals surface area contributed by atoms with Crippen molar-refractivity contribution in [3.05, 3.63) is 82.1 Å². The maximum atomic E-state index is 14.2. The Balaban J connectivity index is 1.45. The van der Waals surface area contributed by atoms with E-state index in [4.69, 9.17) is 10.8 Å². The number of carbonyl (C=O) groups is 1. The first-order valence-corrected chi connectivity index (χ1v) is 12.7. The van der Waals surface area contributed by atoms with Gasteiger partial charge in [-0.3, -0.25) is 4.79 Å². The van der Waals surface area contributed by atoms with Gasteiger partial charge in [-0.2, -0.15) is 18.3 Å². The minimum Gasteiger partial charge on any atom is -0.383 e. The Morgan fingerprint density at radius 3 is 2.58 bits per heavy atom. The first kappa shape index (κ1) is 27.3. The minimum atomic E-state index is -4.69. The second-order valence-electron chi connectivity index (χ2n) is 9.98. The van der Waals surface area contributed by atoms with Gasteiger partial charge in [-0.1, -0.05) is 18.1 Å². The van der Waals surface area contributed by atoms with Gasteiger partial charge in [-0.15, -0.1) is 0 Å². The van der Waals surface area contributed by atoms with Crippen molar-refractivity contribution in [1.82, 2.24) is 24.6 Å². The number of carbonyl (C=O) groups excluding carboxylic acids is 1. The number of benzene rings is 2. The van der Waals surface area contributed by atoms with Crippen LogP contribution in [0.15, 0.2) is 42.7 Å². The standard InChI is InChI=1S/C29H26F4N6O/c1-17-3-4-18(14-25(40)22-15-20(29(31,32)33)6-7-23(22)30)13-19(17)5-8-24-26-27(34)35-16-36-28(26)39(37-24)21-9-11-38(2)12-10-21/h3-4,6-7,13,15-16,21H,9-12,14H2,1-2H3,(H2,34,35,36). The zero-order chi connectivity index (χ0) is 28.6. The number of fused-ring (bicyclic) bond motifs is 1. The molecular weight excluding hydrogens is 524 g/mol. The van der Waals surface area contributed by atoms with E-state index in [0.29, 0.717) is 46.1 Å². The molecule has 0 unspecified atom stereocenters. The molecule has 0 spiro atoms. The molecule has 1 saturated heterocycles. The number of hydrogen-bond acceptors (Lipinski definition) is 6. The molecule has 0 atom stereocenters. The second kappa shape index (κ2) is 10.7. The third-order valence-corrected chi connectivity index (χ3v) is 7.13. The SMILES string of the molecule is Cc1ccc(CC(=O)c2cc(C(F)(F)F)ccc2F)cc1C#Cc1nn(C2CCN(C)CC2)c2ncnc(N)c12. The summed E-state index contributed by atoms with van der Waals surface area (Å²) in [6, 6.07) is 7.05. The van der Waals surface area contributed by atoms with E-state index in [2.05, 4.69) is 33.8 Å². The lowest BCUT2D eigenvalue weighted by Crippen LogP contribution is -2.32. The van der Waals surface area contributed by atoms with Gasteiger partial charge < -0.3 is 10.6 Å².